The van der Waals surface area contributed by atoms with Gasteiger partial charge >= 0.3 is 0 Å². The second-order valence-corrected chi connectivity index (χ2v) is 16.3. The van der Waals surface area contributed by atoms with Crippen LogP contribution in [0.15, 0.2) is 150 Å². The minimum atomic E-state index is 0.404. The second-order valence-electron chi connectivity index (χ2n) is 13.7. The van der Waals surface area contributed by atoms with Gasteiger partial charge in [0.1, 0.15) is 0 Å². The minimum absolute atomic E-state index is 0.404. The molecule has 268 valence electrons. The summed E-state index contributed by atoms with van der Waals surface area (Å²) in [4.78, 5) is 14.5. The molecule has 1 atom stereocenters. The Morgan fingerprint density at radius 3 is 2.28 bits per heavy atom. The van der Waals surface area contributed by atoms with E-state index in [-0.39, 0.29) is 0 Å². The molecule has 1 aromatic heterocycles. The third kappa shape index (κ3) is 9.07. The first-order valence-electron chi connectivity index (χ1n) is 18.7. The molecule has 3 aromatic carbocycles. The Kier molecular flexibility index (Phi) is 12.8. The zero-order valence-corrected chi connectivity index (χ0v) is 33.6. The largest absolute Gasteiger partial charge is 0.233 e. The van der Waals surface area contributed by atoms with E-state index in [0.717, 1.165) is 63.8 Å². The smallest absolute Gasteiger partial charge is 0.160 e. The molecule has 1 aliphatic heterocycles. The first-order valence-corrected chi connectivity index (χ1v) is 20.4. The molecule has 4 heteroatoms. The molecule has 4 aromatic rings. The first-order chi connectivity index (χ1) is 25.8. The van der Waals surface area contributed by atoms with E-state index in [2.05, 4.69) is 163 Å². The number of hydrogen-bond acceptors (Lipinski definition) is 4. The number of nitrogens with zero attached hydrogens (tertiary/aromatic N) is 2. The van der Waals surface area contributed by atoms with Crippen molar-refractivity contribution in [3.8, 4) is 11.4 Å². The standard InChI is InChI=1S/C49H50N2S2/c1-8-10-23-43-35(5)50-49(41-21-15-12-16-22-41)51-47(40-27-26-33(3)32-42(29-28-40)39-19-13-11-14-20-39)37(7)53-48(43)34(4)38(9-2)30-31-44-36(6)52-46-25-18-17-24-45(44)46/h8,10-22,24-25,28-32,36H,4,9,23,26-27H2,1-3,5-7H3/b10-8-,33-32?,38-30+,40-28+,42-29+,44-31+,47-37?,48-43?,50-35?,51-49?. The van der Waals surface area contributed by atoms with Crippen LogP contribution in [0.2, 0.25) is 0 Å². The van der Waals surface area contributed by atoms with Crippen molar-refractivity contribution in [3.63, 3.8) is 0 Å². The number of fused-ring (bicyclic) bond motifs is 1. The molecular weight excluding hydrogens is 681 g/mol. The zero-order valence-electron chi connectivity index (χ0n) is 31.9. The third-order valence-corrected chi connectivity index (χ3v) is 12.3. The highest BCUT2D eigenvalue weighted by molar-refractivity contribution is 8.00. The summed E-state index contributed by atoms with van der Waals surface area (Å²) >= 11 is 3.74. The number of benzene rings is 3. The Balaban J connectivity index is 1.58. The van der Waals surface area contributed by atoms with Gasteiger partial charge in [0.25, 0.3) is 0 Å². The highest BCUT2D eigenvalue weighted by Crippen LogP contribution is 2.45. The molecule has 0 spiro atoms. The molecule has 2 heterocycles. The van der Waals surface area contributed by atoms with Crippen LogP contribution >= 0.6 is 23.1 Å². The van der Waals surface area contributed by atoms with Crippen LogP contribution in [0.4, 0.5) is 0 Å². The molecule has 2 nitrogen and oxygen atoms in total. The summed E-state index contributed by atoms with van der Waals surface area (Å²) in [6.45, 7) is 18.0. The lowest BCUT2D eigenvalue weighted by Crippen LogP contribution is -1.98. The summed E-state index contributed by atoms with van der Waals surface area (Å²) < 4.78 is 0. The maximum Gasteiger partial charge on any atom is 0.160 e. The Bertz CT molecular complexity index is 2220. The van der Waals surface area contributed by atoms with Gasteiger partial charge in [-0.1, -0.05) is 140 Å². The van der Waals surface area contributed by atoms with E-state index in [1.54, 1.807) is 11.3 Å². The quantitative estimate of drug-likeness (QED) is 0.127. The van der Waals surface area contributed by atoms with Crippen LogP contribution in [0.3, 0.4) is 0 Å². The molecule has 0 fully saturated rings. The fraction of sp³-hybridized carbons (Fsp3) is 0.224. The Hall–Kier alpha value is -4.77. The molecule has 0 saturated heterocycles. The fourth-order valence-electron chi connectivity index (χ4n) is 6.87. The fourth-order valence-corrected chi connectivity index (χ4v) is 9.24. The molecule has 53 heavy (non-hydrogen) atoms. The normalized spacial score (nSPS) is 18.7. The monoisotopic (exact) mass is 730 g/mol. The Morgan fingerprint density at radius 1 is 0.868 bits per heavy atom. The SMILES string of the molecule is C=C(/C(=C/C=C1/c2ccccc2SC1C)CC)c1sc(C)c(/C2=C/C=C(/c3ccccc3)C=C(C)CC2)nc(-c2ccccc2)nc(C)c1C/C=C\C. The van der Waals surface area contributed by atoms with Crippen LogP contribution in [0.25, 0.3) is 33.7 Å². The number of hydrogen-bond donors (Lipinski definition) is 0. The van der Waals surface area contributed by atoms with Gasteiger partial charge in [0, 0.05) is 31.2 Å². The van der Waals surface area contributed by atoms with Gasteiger partial charge < -0.3 is 0 Å². The highest BCUT2D eigenvalue weighted by atomic mass is 32.2. The van der Waals surface area contributed by atoms with Gasteiger partial charge in [0.05, 0.1) is 5.69 Å². The zero-order chi connectivity index (χ0) is 37.3. The van der Waals surface area contributed by atoms with Crippen molar-refractivity contribution in [1.82, 2.24) is 9.97 Å². The molecule has 0 amide bonds. The molecule has 1 aliphatic carbocycles. The van der Waals surface area contributed by atoms with E-state index >= 15 is 0 Å². The topological polar surface area (TPSA) is 25.8 Å². The Labute approximate surface area is 325 Å². The number of rotatable bonds is 9. The molecule has 0 N–H and O–H groups in total. The van der Waals surface area contributed by atoms with Crippen LogP contribution in [0, 0.1) is 13.8 Å². The maximum absolute atomic E-state index is 5.48. The van der Waals surface area contributed by atoms with Crippen molar-refractivity contribution < 1.29 is 0 Å². The predicted octanol–water partition coefficient (Wildman–Crippen LogP) is 14.2. The van der Waals surface area contributed by atoms with E-state index in [1.807, 2.05) is 17.8 Å². The van der Waals surface area contributed by atoms with Crippen LogP contribution in [0.1, 0.15) is 84.8 Å². The van der Waals surface area contributed by atoms with Crippen molar-refractivity contribution >= 4 is 45.4 Å². The highest BCUT2D eigenvalue weighted by Gasteiger charge is 2.23. The minimum Gasteiger partial charge on any atom is -0.233 e. The summed E-state index contributed by atoms with van der Waals surface area (Å²) in [7, 11) is 0. The van der Waals surface area contributed by atoms with Crippen LogP contribution in [-0.4, -0.2) is 15.2 Å². The summed E-state index contributed by atoms with van der Waals surface area (Å²) in [6, 6.07) is 29.8. The average Bonchev–Trinajstić information content (AvgIpc) is 3.51. The molecule has 2 aliphatic rings. The number of thioether (sulfide) groups is 1. The summed E-state index contributed by atoms with van der Waals surface area (Å²) in [6.07, 6.45) is 19.3. The molecule has 0 radical (unpaired) electrons. The summed E-state index contributed by atoms with van der Waals surface area (Å²) in [5.41, 5.74) is 14.1. The predicted molar refractivity (Wildman–Crippen MR) is 233 cm³/mol. The van der Waals surface area contributed by atoms with Gasteiger partial charge in [-0.05, 0) is 111 Å². The summed E-state index contributed by atoms with van der Waals surface area (Å²) in [5.74, 6) is 0.729. The lowest BCUT2D eigenvalue weighted by atomic mass is 9.94. The van der Waals surface area contributed by atoms with Crippen molar-refractivity contribution in [1.29, 1.82) is 0 Å². The van der Waals surface area contributed by atoms with Gasteiger partial charge in [-0.3, -0.25) is 0 Å². The average molecular weight is 731 g/mol. The Morgan fingerprint density at radius 2 is 1.57 bits per heavy atom. The van der Waals surface area contributed by atoms with Gasteiger partial charge in [-0.2, -0.15) is 0 Å². The lowest BCUT2D eigenvalue weighted by Gasteiger charge is -2.15. The van der Waals surface area contributed by atoms with E-state index in [1.165, 1.54) is 49.5 Å². The van der Waals surface area contributed by atoms with Crippen molar-refractivity contribution in [2.24, 2.45) is 0 Å². The van der Waals surface area contributed by atoms with Crippen LogP contribution in [0.5, 0.6) is 0 Å². The maximum atomic E-state index is 5.48. The lowest BCUT2D eigenvalue weighted by molar-refractivity contribution is 0.979. The number of aromatic nitrogens is 2. The first kappa shape index (κ1) is 38.0. The van der Waals surface area contributed by atoms with Crippen molar-refractivity contribution in [2.75, 3.05) is 0 Å². The van der Waals surface area contributed by atoms with E-state index in [9.17, 15) is 0 Å². The molecule has 0 saturated carbocycles. The molecule has 6 rings (SSSR count). The third-order valence-electron chi connectivity index (χ3n) is 9.89. The molecule has 0 bridgehead atoms. The van der Waals surface area contributed by atoms with Crippen LogP contribution in [-0.2, 0) is 6.42 Å². The van der Waals surface area contributed by atoms with E-state index in [4.69, 9.17) is 16.5 Å². The van der Waals surface area contributed by atoms with Crippen molar-refractivity contribution in [2.45, 2.75) is 77.4 Å². The number of allylic oxidation sites excluding steroid dienone is 12. The van der Waals surface area contributed by atoms with Gasteiger partial charge in [-0.15, -0.1) is 23.1 Å². The van der Waals surface area contributed by atoms with Crippen LogP contribution < -0.4 is 0 Å². The van der Waals surface area contributed by atoms with Crippen molar-refractivity contribution in [3.05, 3.63) is 183 Å². The van der Waals surface area contributed by atoms with Gasteiger partial charge in [0.2, 0.25) is 0 Å². The second kappa shape index (κ2) is 17.8. The molecular formula is C49H50N2S2. The summed E-state index contributed by atoms with van der Waals surface area (Å²) in [5, 5.41) is 0.404. The number of aryl methyl sites for hydroxylation is 2. The van der Waals surface area contributed by atoms with E-state index in [0.29, 0.717) is 5.25 Å². The molecule has 1 unspecified atom stereocenters. The van der Waals surface area contributed by atoms with E-state index < -0.39 is 0 Å². The van der Waals surface area contributed by atoms with Gasteiger partial charge in [-0.25, -0.2) is 9.97 Å². The van der Waals surface area contributed by atoms with Gasteiger partial charge in [0.15, 0.2) is 5.82 Å².